The standard InChI is InChI=1S/C18H13ClN2OS2/c19-14-4-1-3-12(9-14)18(22)21-16(17-5-2-7-24-17)10-15(20-21)13-6-8-23-11-13/h1-9,11,16H,10H2/t16-/m0/s1. The number of benzene rings is 1. The van der Waals surface area contributed by atoms with Crippen molar-refractivity contribution in [3.05, 3.63) is 79.6 Å². The second-order valence-electron chi connectivity index (χ2n) is 5.45. The molecule has 1 aliphatic rings. The molecule has 3 nitrogen and oxygen atoms in total. The number of hydrazone groups is 1. The highest BCUT2D eigenvalue weighted by molar-refractivity contribution is 7.10. The summed E-state index contributed by atoms with van der Waals surface area (Å²) in [7, 11) is 0. The van der Waals surface area contributed by atoms with Gasteiger partial charge in [0, 0.05) is 27.4 Å². The first kappa shape index (κ1) is 15.6. The zero-order valence-electron chi connectivity index (χ0n) is 12.6. The number of hydrogen-bond donors (Lipinski definition) is 0. The lowest BCUT2D eigenvalue weighted by Crippen LogP contribution is -2.26. The van der Waals surface area contributed by atoms with E-state index in [0.717, 1.165) is 22.6 Å². The molecule has 3 heterocycles. The molecule has 6 heteroatoms. The topological polar surface area (TPSA) is 32.7 Å². The maximum absolute atomic E-state index is 13.0. The fourth-order valence-electron chi connectivity index (χ4n) is 2.76. The monoisotopic (exact) mass is 372 g/mol. The number of amides is 1. The van der Waals surface area contributed by atoms with Gasteiger partial charge in [0.25, 0.3) is 5.91 Å². The number of carbonyl (C=O) groups is 1. The second-order valence-corrected chi connectivity index (χ2v) is 7.65. The molecule has 120 valence electrons. The van der Waals surface area contributed by atoms with Crippen LogP contribution in [0, 0.1) is 0 Å². The molecule has 0 fully saturated rings. The van der Waals surface area contributed by atoms with E-state index in [1.54, 1.807) is 51.9 Å². The molecular formula is C18H13ClN2OS2. The van der Waals surface area contributed by atoms with E-state index in [4.69, 9.17) is 11.6 Å². The lowest BCUT2D eigenvalue weighted by Gasteiger charge is -2.20. The molecule has 1 aliphatic heterocycles. The third kappa shape index (κ3) is 2.90. The van der Waals surface area contributed by atoms with Gasteiger partial charge in [0.1, 0.15) is 0 Å². The van der Waals surface area contributed by atoms with Gasteiger partial charge in [-0.05, 0) is 46.5 Å². The number of hydrogen-bond acceptors (Lipinski definition) is 4. The SMILES string of the molecule is O=C(c1cccc(Cl)c1)N1N=C(c2ccsc2)C[C@H]1c1cccs1. The van der Waals surface area contributed by atoms with Crippen molar-refractivity contribution in [1.29, 1.82) is 0 Å². The van der Waals surface area contributed by atoms with E-state index in [1.165, 1.54) is 0 Å². The van der Waals surface area contributed by atoms with Crippen molar-refractivity contribution in [2.75, 3.05) is 0 Å². The van der Waals surface area contributed by atoms with Crippen LogP contribution in [0.2, 0.25) is 5.02 Å². The summed E-state index contributed by atoms with van der Waals surface area (Å²) in [5.74, 6) is -0.124. The summed E-state index contributed by atoms with van der Waals surface area (Å²) in [4.78, 5) is 14.1. The van der Waals surface area contributed by atoms with Gasteiger partial charge in [-0.1, -0.05) is 23.7 Å². The Morgan fingerprint density at radius 3 is 2.83 bits per heavy atom. The van der Waals surface area contributed by atoms with Crippen LogP contribution in [0.3, 0.4) is 0 Å². The first-order valence-electron chi connectivity index (χ1n) is 7.45. The van der Waals surface area contributed by atoms with Gasteiger partial charge in [0.15, 0.2) is 0 Å². The Kier molecular flexibility index (Phi) is 4.22. The molecule has 0 bridgehead atoms. The molecule has 3 aromatic rings. The number of halogens is 1. The first-order valence-corrected chi connectivity index (χ1v) is 9.65. The van der Waals surface area contributed by atoms with Crippen LogP contribution in [0.1, 0.15) is 33.3 Å². The molecule has 0 saturated carbocycles. The van der Waals surface area contributed by atoms with Crippen molar-refractivity contribution < 1.29 is 4.79 Å². The molecule has 0 radical (unpaired) electrons. The van der Waals surface area contributed by atoms with Gasteiger partial charge >= 0.3 is 0 Å². The zero-order valence-corrected chi connectivity index (χ0v) is 14.9. The molecule has 0 saturated heterocycles. The average Bonchev–Trinajstić information content (AvgIpc) is 3.32. The minimum Gasteiger partial charge on any atom is -0.267 e. The lowest BCUT2D eigenvalue weighted by atomic mass is 10.1. The Labute approximate surface area is 152 Å². The van der Waals surface area contributed by atoms with Crippen molar-refractivity contribution in [3.63, 3.8) is 0 Å². The van der Waals surface area contributed by atoms with E-state index < -0.39 is 0 Å². The molecule has 24 heavy (non-hydrogen) atoms. The summed E-state index contributed by atoms with van der Waals surface area (Å²) in [6.45, 7) is 0. The van der Waals surface area contributed by atoms with E-state index in [-0.39, 0.29) is 11.9 Å². The van der Waals surface area contributed by atoms with Crippen molar-refractivity contribution >= 4 is 45.9 Å². The van der Waals surface area contributed by atoms with Crippen LogP contribution in [0.25, 0.3) is 0 Å². The normalized spacial score (nSPS) is 17.1. The third-order valence-corrected chi connectivity index (χ3v) is 5.81. The maximum Gasteiger partial charge on any atom is 0.274 e. The van der Waals surface area contributed by atoms with Gasteiger partial charge in [-0.3, -0.25) is 4.79 Å². The van der Waals surface area contributed by atoms with E-state index >= 15 is 0 Å². The highest BCUT2D eigenvalue weighted by Gasteiger charge is 2.34. The second kappa shape index (κ2) is 6.51. The Morgan fingerprint density at radius 2 is 2.12 bits per heavy atom. The zero-order chi connectivity index (χ0) is 16.5. The maximum atomic E-state index is 13.0. The smallest absolute Gasteiger partial charge is 0.267 e. The molecule has 1 atom stereocenters. The van der Waals surface area contributed by atoms with Crippen LogP contribution in [0.4, 0.5) is 0 Å². The van der Waals surface area contributed by atoms with E-state index in [0.29, 0.717) is 10.6 Å². The lowest BCUT2D eigenvalue weighted by molar-refractivity contribution is 0.0714. The summed E-state index contributed by atoms with van der Waals surface area (Å²) in [6, 6.07) is 13.1. The van der Waals surface area contributed by atoms with Gasteiger partial charge < -0.3 is 0 Å². The van der Waals surface area contributed by atoms with Crippen molar-refractivity contribution in [3.8, 4) is 0 Å². The molecule has 0 spiro atoms. The number of nitrogens with zero attached hydrogens (tertiary/aromatic N) is 2. The van der Waals surface area contributed by atoms with Crippen LogP contribution >= 0.6 is 34.3 Å². The third-order valence-electron chi connectivity index (χ3n) is 3.92. The van der Waals surface area contributed by atoms with Crippen LogP contribution in [-0.4, -0.2) is 16.6 Å². The molecule has 1 amide bonds. The van der Waals surface area contributed by atoms with Crippen molar-refractivity contribution in [2.45, 2.75) is 12.5 Å². The highest BCUT2D eigenvalue weighted by Crippen LogP contribution is 2.36. The highest BCUT2D eigenvalue weighted by atomic mass is 35.5. The summed E-state index contributed by atoms with van der Waals surface area (Å²) in [6.07, 6.45) is 0.726. The molecule has 0 aliphatic carbocycles. The van der Waals surface area contributed by atoms with Crippen molar-refractivity contribution in [1.82, 2.24) is 5.01 Å². The summed E-state index contributed by atoms with van der Waals surface area (Å²) < 4.78 is 0. The number of thiophene rings is 2. The molecule has 1 aromatic carbocycles. The molecular weight excluding hydrogens is 360 g/mol. The van der Waals surface area contributed by atoms with Crippen LogP contribution < -0.4 is 0 Å². The fourth-order valence-corrected chi connectivity index (χ4v) is 4.42. The van der Waals surface area contributed by atoms with Crippen LogP contribution in [-0.2, 0) is 0 Å². The first-order chi connectivity index (χ1) is 11.7. The Hall–Kier alpha value is -1.95. The summed E-state index contributed by atoms with van der Waals surface area (Å²) in [5.41, 5.74) is 2.59. The molecule has 4 rings (SSSR count). The summed E-state index contributed by atoms with van der Waals surface area (Å²) >= 11 is 9.32. The van der Waals surface area contributed by atoms with Crippen molar-refractivity contribution in [2.24, 2.45) is 5.10 Å². The van der Waals surface area contributed by atoms with Crippen LogP contribution in [0.5, 0.6) is 0 Å². The molecule has 0 N–H and O–H groups in total. The van der Waals surface area contributed by atoms with E-state index in [9.17, 15) is 4.79 Å². The van der Waals surface area contributed by atoms with Gasteiger partial charge in [-0.2, -0.15) is 16.4 Å². The fraction of sp³-hybridized carbons (Fsp3) is 0.111. The predicted molar refractivity (Wildman–Crippen MR) is 100 cm³/mol. The predicted octanol–water partition coefficient (Wildman–Crippen LogP) is 5.45. The van der Waals surface area contributed by atoms with Gasteiger partial charge in [0.05, 0.1) is 11.8 Å². The quantitative estimate of drug-likeness (QED) is 0.601. The van der Waals surface area contributed by atoms with Crippen LogP contribution in [0.15, 0.2) is 63.7 Å². The number of rotatable bonds is 3. The average molecular weight is 373 g/mol. The Balaban J connectivity index is 1.72. The van der Waals surface area contributed by atoms with Gasteiger partial charge in [-0.25, -0.2) is 5.01 Å². The summed E-state index contributed by atoms with van der Waals surface area (Å²) in [5, 5.41) is 12.9. The largest absolute Gasteiger partial charge is 0.274 e. The Bertz CT molecular complexity index is 888. The minimum absolute atomic E-state index is 0.0635. The number of carbonyl (C=O) groups excluding carboxylic acids is 1. The Morgan fingerprint density at radius 1 is 1.21 bits per heavy atom. The minimum atomic E-state index is -0.124. The molecule has 0 unspecified atom stereocenters. The van der Waals surface area contributed by atoms with Gasteiger partial charge in [-0.15, -0.1) is 11.3 Å². The van der Waals surface area contributed by atoms with Gasteiger partial charge in [0.2, 0.25) is 0 Å². The molecule has 2 aromatic heterocycles. The van der Waals surface area contributed by atoms with E-state index in [2.05, 4.69) is 16.5 Å². The van der Waals surface area contributed by atoms with E-state index in [1.807, 2.05) is 22.9 Å².